The molecule has 2 aromatic carbocycles. The maximum absolute atomic E-state index is 5.53. The molecule has 0 spiro atoms. The summed E-state index contributed by atoms with van der Waals surface area (Å²) in [4.78, 5) is 25.8. The van der Waals surface area contributed by atoms with Crippen LogP contribution in [0.5, 0.6) is 11.5 Å². The average molecular weight is 506 g/mol. The lowest BCUT2D eigenvalue weighted by Gasteiger charge is -2.18. The lowest BCUT2D eigenvalue weighted by Crippen LogP contribution is -2.19. The summed E-state index contributed by atoms with van der Waals surface area (Å²) >= 11 is 0. The van der Waals surface area contributed by atoms with Crippen molar-refractivity contribution in [1.82, 2.24) is 29.5 Å². The third-order valence-electron chi connectivity index (χ3n) is 6.57. The van der Waals surface area contributed by atoms with E-state index in [0.717, 1.165) is 59.7 Å². The van der Waals surface area contributed by atoms with Crippen LogP contribution in [-0.2, 0) is 0 Å². The van der Waals surface area contributed by atoms with Crippen molar-refractivity contribution in [2.24, 2.45) is 0 Å². The van der Waals surface area contributed by atoms with Gasteiger partial charge in [0.1, 0.15) is 18.0 Å². The first-order chi connectivity index (χ1) is 18.7. The molecule has 0 aliphatic carbocycles. The smallest absolute Gasteiger partial charge is 0.161 e. The largest absolute Gasteiger partial charge is 0.493 e. The fraction of sp³-hybridized carbons (Fsp3) is 0.207. The number of hydrogen-bond donors (Lipinski definition) is 0. The molecule has 1 aliphatic rings. The Balaban J connectivity index is 1.42. The van der Waals surface area contributed by atoms with Crippen molar-refractivity contribution in [1.29, 1.82) is 0 Å². The monoisotopic (exact) mass is 505 g/mol. The van der Waals surface area contributed by atoms with Crippen molar-refractivity contribution in [2.75, 3.05) is 32.2 Å². The summed E-state index contributed by atoms with van der Waals surface area (Å²) in [7, 11) is 3.26. The van der Waals surface area contributed by atoms with Gasteiger partial charge in [0.15, 0.2) is 23.1 Å². The van der Waals surface area contributed by atoms with Crippen LogP contribution in [0.25, 0.3) is 40.1 Å². The molecule has 0 N–H and O–H groups in total. The molecular weight excluding hydrogens is 478 g/mol. The molecule has 9 heteroatoms. The van der Waals surface area contributed by atoms with Gasteiger partial charge in [0.25, 0.3) is 0 Å². The van der Waals surface area contributed by atoms with Gasteiger partial charge in [-0.05, 0) is 55.3 Å². The number of fused-ring (bicyclic) bond motifs is 1. The summed E-state index contributed by atoms with van der Waals surface area (Å²) in [5.41, 5.74) is 2.58. The van der Waals surface area contributed by atoms with E-state index in [4.69, 9.17) is 29.4 Å². The van der Waals surface area contributed by atoms with Crippen molar-refractivity contribution >= 4 is 28.9 Å². The van der Waals surface area contributed by atoms with Crippen molar-refractivity contribution in [3.05, 3.63) is 78.9 Å². The topological polar surface area (TPSA) is 91.1 Å². The van der Waals surface area contributed by atoms with E-state index in [1.807, 2.05) is 71.4 Å². The Labute approximate surface area is 220 Å². The minimum Gasteiger partial charge on any atom is -0.493 e. The zero-order valence-corrected chi connectivity index (χ0v) is 21.3. The third kappa shape index (κ3) is 4.66. The number of ether oxygens (including phenoxy) is 2. The molecule has 0 radical (unpaired) electrons. The number of aromatic nitrogens is 6. The number of para-hydroxylation sites is 1. The van der Waals surface area contributed by atoms with Gasteiger partial charge in [-0.15, -0.1) is 0 Å². The SMILES string of the molecule is COc1ccc(-c2cc(N3CCCC3)nc(/C=C/c3nc(-n4ccnc4)c4ccccc4n3)n2)cc1OC. The first-order valence-electron chi connectivity index (χ1n) is 12.5. The van der Waals surface area contributed by atoms with Gasteiger partial charge >= 0.3 is 0 Å². The van der Waals surface area contributed by atoms with Gasteiger partial charge in [0, 0.05) is 42.5 Å². The van der Waals surface area contributed by atoms with Crippen LogP contribution in [0.2, 0.25) is 0 Å². The van der Waals surface area contributed by atoms with Gasteiger partial charge in [-0.3, -0.25) is 4.57 Å². The van der Waals surface area contributed by atoms with E-state index in [1.165, 1.54) is 0 Å². The molecule has 0 amide bonds. The van der Waals surface area contributed by atoms with Crippen LogP contribution in [0.1, 0.15) is 24.5 Å². The Bertz CT molecular complexity index is 1610. The molecule has 9 nitrogen and oxygen atoms in total. The standard InChI is InChI=1S/C29H27N7O2/c1-37-24-10-9-20(17-25(24)38-2)23-18-28(35-14-5-6-15-35)33-26(32-23)11-12-27-31-22-8-4-3-7-21(22)29(34-27)36-16-13-30-19-36/h3-4,7-13,16-19H,5-6,14-15H2,1-2H3/b12-11+. The molecule has 3 aromatic heterocycles. The highest BCUT2D eigenvalue weighted by atomic mass is 16.5. The molecule has 1 aliphatic heterocycles. The molecule has 0 saturated carbocycles. The summed E-state index contributed by atoms with van der Waals surface area (Å²) < 4.78 is 12.8. The van der Waals surface area contributed by atoms with Gasteiger partial charge in [-0.1, -0.05) is 12.1 Å². The van der Waals surface area contributed by atoms with Gasteiger partial charge in [-0.2, -0.15) is 0 Å². The average Bonchev–Trinajstić information content (AvgIpc) is 3.70. The van der Waals surface area contributed by atoms with Crippen molar-refractivity contribution in [2.45, 2.75) is 12.8 Å². The molecule has 0 unspecified atom stereocenters. The van der Waals surface area contributed by atoms with Gasteiger partial charge in [0.05, 0.1) is 25.4 Å². The van der Waals surface area contributed by atoms with Crippen molar-refractivity contribution in [3.8, 4) is 28.6 Å². The fourth-order valence-corrected chi connectivity index (χ4v) is 4.66. The number of rotatable bonds is 7. The second-order valence-corrected chi connectivity index (χ2v) is 8.96. The summed E-state index contributed by atoms with van der Waals surface area (Å²) in [6.45, 7) is 1.96. The van der Waals surface area contributed by atoms with Crippen LogP contribution in [0.15, 0.2) is 67.3 Å². The molecule has 5 aromatic rings. The van der Waals surface area contributed by atoms with Crippen molar-refractivity contribution < 1.29 is 9.47 Å². The quantitative estimate of drug-likeness (QED) is 0.303. The Kier molecular flexibility index (Phi) is 6.39. The Morgan fingerprint density at radius 3 is 2.37 bits per heavy atom. The number of methoxy groups -OCH3 is 2. The van der Waals surface area contributed by atoms with Gasteiger partial charge in [0.2, 0.25) is 0 Å². The van der Waals surface area contributed by atoms with Gasteiger partial charge in [-0.25, -0.2) is 24.9 Å². The Morgan fingerprint density at radius 1 is 0.816 bits per heavy atom. The summed E-state index contributed by atoms with van der Waals surface area (Å²) in [6.07, 6.45) is 11.4. The van der Waals surface area contributed by atoms with Crippen LogP contribution in [0.4, 0.5) is 5.82 Å². The lowest BCUT2D eigenvalue weighted by molar-refractivity contribution is 0.355. The number of imidazole rings is 1. The van der Waals surface area contributed by atoms with E-state index in [-0.39, 0.29) is 0 Å². The summed E-state index contributed by atoms with van der Waals surface area (Å²) in [5, 5.41) is 0.950. The van der Waals surface area contributed by atoms with E-state index in [1.54, 1.807) is 26.7 Å². The number of anilines is 1. The highest BCUT2D eigenvalue weighted by molar-refractivity contribution is 5.86. The molecule has 4 heterocycles. The van der Waals surface area contributed by atoms with Crippen LogP contribution in [0, 0.1) is 0 Å². The van der Waals surface area contributed by atoms with E-state index >= 15 is 0 Å². The van der Waals surface area contributed by atoms with Crippen molar-refractivity contribution in [3.63, 3.8) is 0 Å². The summed E-state index contributed by atoms with van der Waals surface area (Å²) in [5.74, 6) is 4.15. The Hall–Kier alpha value is -4.79. The molecule has 38 heavy (non-hydrogen) atoms. The predicted molar refractivity (Wildman–Crippen MR) is 148 cm³/mol. The number of benzene rings is 2. The van der Waals surface area contributed by atoms with Crippen LogP contribution in [0.3, 0.4) is 0 Å². The molecule has 0 bridgehead atoms. The minimum absolute atomic E-state index is 0.565. The highest BCUT2D eigenvalue weighted by Gasteiger charge is 2.17. The Morgan fingerprint density at radius 2 is 1.61 bits per heavy atom. The lowest BCUT2D eigenvalue weighted by atomic mass is 10.1. The second-order valence-electron chi connectivity index (χ2n) is 8.96. The van der Waals surface area contributed by atoms with E-state index in [9.17, 15) is 0 Å². The molecule has 6 rings (SSSR count). The number of nitrogens with zero attached hydrogens (tertiary/aromatic N) is 7. The molecule has 190 valence electrons. The first-order valence-corrected chi connectivity index (χ1v) is 12.5. The van der Waals surface area contributed by atoms with Gasteiger partial charge < -0.3 is 14.4 Å². The molecule has 0 atom stereocenters. The molecule has 1 saturated heterocycles. The normalized spacial score (nSPS) is 13.5. The molecular formula is C29H27N7O2. The molecule has 1 fully saturated rings. The predicted octanol–water partition coefficient (Wildman–Crippen LogP) is 5.06. The van der Waals surface area contributed by atoms with E-state index in [0.29, 0.717) is 23.1 Å². The highest BCUT2D eigenvalue weighted by Crippen LogP contribution is 2.33. The van der Waals surface area contributed by atoms with Crippen LogP contribution < -0.4 is 14.4 Å². The van der Waals surface area contributed by atoms with E-state index < -0.39 is 0 Å². The maximum atomic E-state index is 5.53. The zero-order valence-electron chi connectivity index (χ0n) is 21.3. The second kappa shape index (κ2) is 10.3. The zero-order chi connectivity index (χ0) is 25.9. The third-order valence-corrected chi connectivity index (χ3v) is 6.57. The van der Waals surface area contributed by atoms with Crippen LogP contribution >= 0.6 is 0 Å². The minimum atomic E-state index is 0.565. The van der Waals surface area contributed by atoms with Crippen LogP contribution in [-0.4, -0.2) is 56.8 Å². The fourth-order valence-electron chi connectivity index (χ4n) is 4.66. The van der Waals surface area contributed by atoms with E-state index in [2.05, 4.69) is 9.88 Å². The first kappa shape index (κ1) is 23.6. The number of hydrogen-bond acceptors (Lipinski definition) is 8. The maximum Gasteiger partial charge on any atom is 0.161 e. The summed E-state index contributed by atoms with van der Waals surface area (Å²) in [6, 6.07) is 15.8.